The van der Waals surface area contributed by atoms with Crippen molar-refractivity contribution >= 4 is 15.9 Å². The summed E-state index contributed by atoms with van der Waals surface area (Å²) < 4.78 is 42.5. The molecule has 2 N–H and O–H groups in total. The Morgan fingerprint density at radius 2 is 1.51 bits per heavy atom. The van der Waals surface area contributed by atoms with E-state index in [-0.39, 0.29) is 13.0 Å². The van der Waals surface area contributed by atoms with Gasteiger partial charge in [0.15, 0.2) is 0 Å². The molecule has 0 saturated carbocycles. The van der Waals surface area contributed by atoms with Crippen LogP contribution in [0.2, 0.25) is 0 Å². The maximum Gasteiger partial charge on any atom is 0.244 e. The zero-order chi connectivity index (χ0) is 24.7. The minimum Gasteiger partial charge on any atom is -0.351 e. The van der Waals surface area contributed by atoms with E-state index in [1.54, 1.807) is 0 Å². The number of sulfonamides is 1. The van der Waals surface area contributed by atoms with Crippen LogP contribution in [0.15, 0.2) is 83.8 Å². The van der Waals surface area contributed by atoms with Crippen LogP contribution in [0.25, 0.3) is 0 Å². The van der Waals surface area contributed by atoms with Gasteiger partial charge in [0.2, 0.25) is 15.9 Å². The Balaban J connectivity index is 1.50. The van der Waals surface area contributed by atoms with Crippen molar-refractivity contribution in [2.45, 2.75) is 43.3 Å². The Morgan fingerprint density at radius 3 is 2.23 bits per heavy atom. The van der Waals surface area contributed by atoms with Crippen molar-refractivity contribution in [2.24, 2.45) is 0 Å². The van der Waals surface area contributed by atoms with Crippen LogP contribution in [0.4, 0.5) is 4.39 Å². The SMILES string of the molecule is O=C(NCc1ccccc1CN1CCCC1)C(Cc1ccccc1)NS(=O)(=O)c1ccccc1F. The maximum absolute atomic E-state index is 14.2. The fraction of sp³-hybridized carbons (Fsp3) is 0.296. The summed E-state index contributed by atoms with van der Waals surface area (Å²) in [4.78, 5) is 15.1. The van der Waals surface area contributed by atoms with Gasteiger partial charge in [-0.1, -0.05) is 66.7 Å². The Kier molecular flexibility index (Phi) is 8.28. The monoisotopic (exact) mass is 495 g/mol. The van der Waals surface area contributed by atoms with Crippen LogP contribution in [0.5, 0.6) is 0 Å². The molecular weight excluding hydrogens is 465 g/mol. The van der Waals surface area contributed by atoms with Crippen molar-refractivity contribution in [1.29, 1.82) is 0 Å². The van der Waals surface area contributed by atoms with E-state index < -0.39 is 32.7 Å². The van der Waals surface area contributed by atoms with Gasteiger partial charge in [0.05, 0.1) is 0 Å². The van der Waals surface area contributed by atoms with Crippen LogP contribution in [0.3, 0.4) is 0 Å². The molecule has 4 rings (SSSR count). The molecule has 1 fully saturated rings. The molecule has 0 aromatic heterocycles. The number of halogens is 1. The first-order chi connectivity index (χ1) is 16.9. The third kappa shape index (κ3) is 6.75. The van der Waals surface area contributed by atoms with E-state index >= 15 is 0 Å². The van der Waals surface area contributed by atoms with Crippen molar-refractivity contribution in [2.75, 3.05) is 13.1 Å². The summed E-state index contributed by atoms with van der Waals surface area (Å²) in [7, 11) is -4.25. The summed E-state index contributed by atoms with van der Waals surface area (Å²) in [6, 6.07) is 21.1. The molecule has 1 amide bonds. The summed E-state index contributed by atoms with van der Waals surface area (Å²) in [6.07, 6.45) is 2.53. The van der Waals surface area contributed by atoms with Gasteiger partial charge in [0.25, 0.3) is 0 Å². The zero-order valence-corrected chi connectivity index (χ0v) is 20.3. The Bertz CT molecular complexity index is 1250. The maximum atomic E-state index is 14.2. The van der Waals surface area contributed by atoms with Crippen molar-refractivity contribution in [3.8, 4) is 0 Å². The summed E-state index contributed by atoms with van der Waals surface area (Å²) in [5.74, 6) is -1.33. The summed E-state index contributed by atoms with van der Waals surface area (Å²) >= 11 is 0. The van der Waals surface area contributed by atoms with Crippen molar-refractivity contribution in [3.05, 3.63) is 101 Å². The Hall–Kier alpha value is -3.07. The highest BCUT2D eigenvalue weighted by Gasteiger charge is 2.28. The van der Waals surface area contributed by atoms with E-state index in [2.05, 4.69) is 21.0 Å². The molecule has 35 heavy (non-hydrogen) atoms. The van der Waals surface area contributed by atoms with Gasteiger partial charge >= 0.3 is 0 Å². The summed E-state index contributed by atoms with van der Waals surface area (Å²) in [6.45, 7) is 3.23. The first-order valence-corrected chi connectivity index (χ1v) is 13.3. The van der Waals surface area contributed by atoms with Gasteiger partial charge in [0, 0.05) is 13.1 Å². The highest BCUT2D eigenvalue weighted by atomic mass is 32.2. The molecular formula is C27H30FN3O3S. The number of hydrogen-bond acceptors (Lipinski definition) is 4. The number of likely N-dealkylation sites (tertiary alicyclic amines) is 1. The minimum atomic E-state index is -4.25. The number of amides is 1. The van der Waals surface area contributed by atoms with Crippen LogP contribution >= 0.6 is 0 Å². The normalized spacial score (nSPS) is 15.1. The molecule has 0 aliphatic carbocycles. The van der Waals surface area contributed by atoms with Crippen molar-refractivity contribution in [3.63, 3.8) is 0 Å². The van der Waals surface area contributed by atoms with Crippen LogP contribution in [-0.4, -0.2) is 38.4 Å². The van der Waals surface area contributed by atoms with Gasteiger partial charge < -0.3 is 5.32 Å². The number of nitrogens with one attached hydrogen (secondary N) is 2. The zero-order valence-electron chi connectivity index (χ0n) is 19.5. The molecule has 1 aliphatic rings. The lowest BCUT2D eigenvalue weighted by Crippen LogP contribution is -2.48. The summed E-state index contributed by atoms with van der Waals surface area (Å²) in [5.41, 5.74) is 2.92. The second-order valence-electron chi connectivity index (χ2n) is 8.76. The molecule has 8 heteroatoms. The highest BCUT2D eigenvalue weighted by molar-refractivity contribution is 7.89. The van der Waals surface area contributed by atoms with Gasteiger partial charge in [-0.2, -0.15) is 4.72 Å². The van der Waals surface area contributed by atoms with Gasteiger partial charge in [-0.3, -0.25) is 9.69 Å². The summed E-state index contributed by atoms with van der Waals surface area (Å²) in [5, 5.41) is 2.90. The van der Waals surface area contributed by atoms with Gasteiger partial charge in [-0.15, -0.1) is 0 Å². The lowest BCUT2D eigenvalue weighted by molar-refractivity contribution is -0.122. The van der Waals surface area contributed by atoms with Gasteiger partial charge in [-0.25, -0.2) is 12.8 Å². The fourth-order valence-electron chi connectivity index (χ4n) is 4.32. The first-order valence-electron chi connectivity index (χ1n) is 11.8. The molecule has 1 aliphatic heterocycles. The van der Waals surface area contributed by atoms with E-state index in [4.69, 9.17) is 0 Å². The molecule has 0 radical (unpaired) electrons. The largest absolute Gasteiger partial charge is 0.351 e. The second-order valence-corrected chi connectivity index (χ2v) is 10.4. The van der Waals surface area contributed by atoms with E-state index in [1.807, 2.05) is 48.5 Å². The number of carbonyl (C=O) groups excluding carboxylic acids is 1. The minimum absolute atomic E-state index is 0.135. The molecule has 3 aromatic rings. The average Bonchev–Trinajstić information content (AvgIpc) is 3.37. The predicted octanol–water partition coefficient (Wildman–Crippen LogP) is 3.63. The van der Waals surface area contributed by atoms with E-state index in [9.17, 15) is 17.6 Å². The first kappa shape index (κ1) is 25.0. The molecule has 3 aromatic carbocycles. The lowest BCUT2D eigenvalue weighted by Gasteiger charge is -2.21. The average molecular weight is 496 g/mol. The second kappa shape index (κ2) is 11.6. The number of rotatable bonds is 10. The van der Waals surface area contributed by atoms with Crippen molar-refractivity contribution in [1.82, 2.24) is 14.9 Å². The van der Waals surface area contributed by atoms with Gasteiger partial charge in [0.1, 0.15) is 16.8 Å². The molecule has 184 valence electrons. The molecule has 0 bridgehead atoms. The van der Waals surface area contributed by atoms with Crippen molar-refractivity contribution < 1.29 is 17.6 Å². The van der Waals surface area contributed by atoms with Gasteiger partial charge in [-0.05, 0) is 61.2 Å². The Labute approximate surface area is 206 Å². The topological polar surface area (TPSA) is 78.5 Å². The number of carbonyl (C=O) groups is 1. The number of hydrogen-bond donors (Lipinski definition) is 2. The van der Waals surface area contributed by atoms with E-state index in [1.165, 1.54) is 31.0 Å². The van der Waals surface area contributed by atoms with Crippen LogP contribution in [0, 0.1) is 5.82 Å². The highest BCUT2D eigenvalue weighted by Crippen LogP contribution is 2.17. The molecule has 6 nitrogen and oxygen atoms in total. The standard InChI is InChI=1S/C27H30FN3O3S/c28-24-14-6-7-15-26(24)35(33,34)30-25(18-21-10-2-1-3-11-21)27(32)29-19-22-12-4-5-13-23(22)20-31-16-8-9-17-31/h1-7,10-15,25,30H,8-9,16-20H2,(H,29,32). The number of nitrogens with zero attached hydrogens (tertiary/aromatic N) is 1. The number of benzene rings is 3. The Morgan fingerprint density at radius 1 is 0.886 bits per heavy atom. The van der Waals surface area contributed by atoms with Crippen LogP contribution in [-0.2, 0) is 34.3 Å². The lowest BCUT2D eigenvalue weighted by atomic mass is 10.0. The van der Waals surface area contributed by atoms with Crippen LogP contribution in [0.1, 0.15) is 29.5 Å². The third-order valence-corrected chi connectivity index (χ3v) is 7.69. The quantitative estimate of drug-likeness (QED) is 0.450. The fourth-order valence-corrected chi connectivity index (χ4v) is 5.60. The molecule has 0 spiro atoms. The smallest absolute Gasteiger partial charge is 0.244 e. The molecule has 1 unspecified atom stereocenters. The predicted molar refractivity (Wildman–Crippen MR) is 133 cm³/mol. The van der Waals surface area contributed by atoms with E-state index in [0.717, 1.165) is 42.4 Å². The molecule has 1 heterocycles. The van der Waals surface area contributed by atoms with Crippen LogP contribution < -0.4 is 10.0 Å². The molecule has 1 atom stereocenters. The van der Waals surface area contributed by atoms with E-state index in [0.29, 0.717) is 0 Å². The third-order valence-electron chi connectivity index (χ3n) is 6.19. The molecule has 1 saturated heterocycles.